The molecule has 14 heavy (non-hydrogen) atoms. The molecule has 70 valence electrons. The lowest BCUT2D eigenvalue weighted by atomic mass is 10.1. The van der Waals surface area contributed by atoms with Crippen LogP contribution in [0.2, 0.25) is 0 Å². The Morgan fingerprint density at radius 1 is 1.50 bits per heavy atom. The molecule has 2 aromatic heterocycles. The van der Waals surface area contributed by atoms with Crippen molar-refractivity contribution in [2.24, 2.45) is 0 Å². The summed E-state index contributed by atoms with van der Waals surface area (Å²) in [4.78, 5) is 18.1. The van der Waals surface area contributed by atoms with Gasteiger partial charge in [-0.2, -0.15) is 4.98 Å². The summed E-state index contributed by atoms with van der Waals surface area (Å²) in [6.07, 6.45) is 3.83. The first-order chi connectivity index (χ1) is 6.81. The first-order valence-electron chi connectivity index (χ1n) is 4.01. The Labute approximate surface area is 79.8 Å². The SMILES string of the molecule is Cc1ccncc1-c1noc(C=O)n1. The summed E-state index contributed by atoms with van der Waals surface area (Å²) in [7, 11) is 0. The fourth-order valence-corrected chi connectivity index (χ4v) is 1.09. The molecule has 0 bridgehead atoms. The average molecular weight is 189 g/mol. The Balaban J connectivity index is 2.49. The third kappa shape index (κ3) is 1.39. The highest BCUT2D eigenvalue weighted by Crippen LogP contribution is 2.17. The van der Waals surface area contributed by atoms with Crippen LogP contribution in [0.15, 0.2) is 23.0 Å². The molecule has 0 atom stereocenters. The quantitative estimate of drug-likeness (QED) is 0.665. The van der Waals surface area contributed by atoms with Crippen LogP contribution in [0, 0.1) is 6.92 Å². The zero-order valence-electron chi connectivity index (χ0n) is 7.47. The molecule has 0 amide bonds. The molecule has 0 aliphatic heterocycles. The van der Waals surface area contributed by atoms with Crippen LogP contribution in [-0.4, -0.2) is 21.4 Å². The van der Waals surface area contributed by atoms with Gasteiger partial charge in [-0.15, -0.1) is 0 Å². The molecule has 0 aliphatic carbocycles. The highest BCUT2D eigenvalue weighted by Gasteiger charge is 2.09. The van der Waals surface area contributed by atoms with Crippen molar-refractivity contribution in [2.45, 2.75) is 6.92 Å². The Kier molecular flexibility index (Phi) is 2.06. The zero-order valence-corrected chi connectivity index (χ0v) is 7.47. The van der Waals surface area contributed by atoms with Gasteiger partial charge < -0.3 is 4.52 Å². The van der Waals surface area contributed by atoms with Gasteiger partial charge in [-0.25, -0.2) is 0 Å². The molecular formula is C9H7N3O2. The summed E-state index contributed by atoms with van der Waals surface area (Å²) in [5, 5.41) is 3.66. The van der Waals surface area contributed by atoms with Crippen molar-refractivity contribution in [3.05, 3.63) is 29.9 Å². The zero-order chi connectivity index (χ0) is 9.97. The predicted molar refractivity (Wildman–Crippen MR) is 47.7 cm³/mol. The van der Waals surface area contributed by atoms with Gasteiger partial charge in [-0.05, 0) is 18.6 Å². The number of pyridine rings is 1. The van der Waals surface area contributed by atoms with Crippen LogP contribution in [-0.2, 0) is 0 Å². The topological polar surface area (TPSA) is 68.9 Å². The second-order valence-corrected chi connectivity index (χ2v) is 2.76. The molecule has 0 spiro atoms. The highest BCUT2D eigenvalue weighted by molar-refractivity contribution is 5.69. The summed E-state index contributed by atoms with van der Waals surface area (Å²) in [6.45, 7) is 1.91. The third-order valence-corrected chi connectivity index (χ3v) is 1.82. The van der Waals surface area contributed by atoms with Gasteiger partial charge in [0, 0.05) is 18.0 Å². The second-order valence-electron chi connectivity index (χ2n) is 2.76. The van der Waals surface area contributed by atoms with Gasteiger partial charge >= 0.3 is 0 Å². The van der Waals surface area contributed by atoms with E-state index in [-0.39, 0.29) is 5.89 Å². The molecule has 2 rings (SSSR count). The minimum atomic E-state index is -0.0248. The van der Waals surface area contributed by atoms with Gasteiger partial charge in [-0.1, -0.05) is 5.16 Å². The number of nitrogens with zero attached hydrogens (tertiary/aromatic N) is 3. The number of aldehydes is 1. The Hall–Kier alpha value is -2.04. The fraction of sp³-hybridized carbons (Fsp3) is 0.111. The molecule has 0 radical (unpaired) electrons. The van der Waals surface area contributed by atoms with Crippen molar-refractivity contribution in [3.8, 4) is 11.4 Å². The maximum absolute atomic E-state index is 10.3. The van der Waals surface area contributed by atoms with E-state index in [2.05, 4.69) is 19.6 Å². The lowest BCUT2D eigenvalue weighted by Crippen LogP contribution is -1.87. The van der Waals surface area contributed by atoms with Crippen LogP contribution in [0.3, 0.4) is 0 Å². The molecule has 5 heteroatoms. The van der Waals surface area contributed by atoms with Crippen LogP contribution < -0.4 is 0 Å². The van der Waals surface area contributed by atoms with E-state index in [1.165, 1.54) is 0 Å². The van der Waals surface area contributed by atoms with Crippen molar-refractivity contribution in [1.29, 1.82) is 0 Å². The summed E-state index contributed by atoms with van der Waals surface area (Å²) >= 11 is 0. The smallest absolute Gasteiger partial charge is 0.291 e. The van der Waals surface area contributed by atoms with Crippen LogP contribution >= 0.6 is 0 Å². The van der Waals surface area contributed by atoms with Gasteiger partial charge in [0.2, 0.25) is 12.1 Å². The third-order valence-electron chi connectivity index (χ3n) is 1.82. The van der Waals surface area contributed by atoms with Crippen LogP contribution in [0.25, 0.3) is 11.4 Å². The fourth-order valence-electron chi connectivity index (χ4n) is 1.09. The van der Waals surface area contributed by atoms with Gasteiger partial charge in [-0.3, -0.25) is 9.78 Å². The van der Waals surface area contributed by atoms with E-state index in [0.29, 0.717) is 12.1 Å². The molecule has 0 fully saturated rings. The minimum Gasteiger partial charge on any atom is -0.331 e. The maximum Gasteiger partial charge on any atom is 0.291 e. The predicted octanol–water partition coefficient (Wildman–Crippen LogP) is 1.25. The van der Waals surface area contributed by atoms with Crippen molar-refractivity contribution in [3.63, 3.8) is 0 Å². The van der Waals surface area contributed by atoms with E-state index < -0.39 is 0 Å². The number of rotatable bonds is 2. The number of carbonyl (C=O) groups is 1. The molecular weight excluding hydrogens is 182 g/mol. The number of hydrogen-bond acceptors (Lipinski definition) is 5. The van der Waals surface area contributed by atoms with Gasteiger partial charge in [0.15, 0.2) is 0 Å². The monoisotopic (exact) mass is 189 g/mol. The molecule has 0 N–H and O–H groups in total. The molecule has 5 nitrogen and oxygen atoms in total. The van der Waals surface area contributed by atoms with Gasteiger partial charge in [0.1, 0.15) is 0 Å². The Bertz CT molecular complexity index is 465. The maximum atomic E-state index is 10.3. The van der Waals surface area contributed by atoms with Crippen molar-refractivity contribution >= 4 is 6.29 Å². The number of aryl methyl sites for hydroxylation is 1. The standard InChI is InChI=1S/C9H7N3O2/c1-6-2-3-10-4-7(6)9-11-8(5-13)14-12-9/h2-5H,1H3. The minimum absolute atomic E-state index is 0.0248. The number of carbonyl (C=O) groups excluding carboxylic acids is 1. The van der Waals surface area contributed by atoms with Crippen LogP contribution in [0.4, 0.5) is 0 Å². The second kappa shape index (κ2) is 3.37. The molecule has 2 heterocycles. The summed E-state index contributed by atoms with van der Waals surface area (Å²) in [6, 6.07) is 1.84. The summed E-state index contributed by atoms with van der Waals surface area (Å²) in [5.74, 6) is 0.362. The first-order valence-corrected chi connectivity index (χ1v) is 4.01. The van der Waals surface area contributed by atoms with E-state index in [1.807, 2.05) is 13.0 Å². The first kappa shape index (κ1) is 8.55. The van der Waals surface area contributed by atoms with Crippen LogP contribution in [0.1, 0.15) is 16.2 Å². The lowest BCUT2D eigenvalue weighted by Gasteiger charge is -1.96. The van der Waals surface area contributed by atoms with Crippen molar-refractivity contribution in [2.75, 3.05) is 0 Å². The highest BCUT2D eigenvalue weighted by atomic mass is 16.5. The lowest BCUT2D eigenvalue weighted by molar-refractivity contribution is 0.108. The Morgan fingerprint density at radius 3 is 3.00 bits per heavy atom. The Morgan fingerprint density at radius 2 is 2.36 bits per heavy atom. The molecule has 2 aromatic rings. The van der Waals surface area contributed by atoms with E-state index in [9.17, 15) is 4.79 Å². The molecule has 0 unspecified atom stereocenters. The van der Waals surface area contributed by atoms with E-state index in [0.717, 1.165) is 11.1 Å². The largest absolute Gasteiger partial charge is 0.331 e. The van der Waals surface area contributed by atoms with Crippen LogP contribution in [0.5, 0.6) is 0 Å². The number of aromatic nitrogens is 3. The molecule has 0 aromatic carbocycles. The molecule has 0 saturated carbocycles. The van der Waals surface area contributed by atoms with E-state index >= 15 is 0 Å². The molecule has 0 saturated heterocycles. The van der Waals surface area contributed by atoms with Crippen molar-refractivity contribution < 1.29 is 9.32 Å². The summed E-state index contributed by atoms with van der Waals surface area (Å²) in [5.41, 5.74) is 1.75. The van der Waals surface area contributed by atoms with Gasteiger partial charge in [0.25, 0.3) is 5.89 Å². The average Bonchev–Trinajstić information content (AvgIpc) is 2.67. The molecule has 0 aliphatic rings. The van der Waals surface area contributed by atoms with Crippen molar-refractivity contribution in [1.82, 2.24) is 15.1 Å². The normalized spacial score (nSPS) is 10.1. The summed E-state index contributed by atoms with van der Waals surface area (Å²) < 4.78 is 4.67. The van der Waals surface area contributed by atoms with Gasteiger partial charge in [0.05, 0.1) is 0 Å². The number of hydrogen-bond donors (Lipinski definition) is 0. The van der Waals surface area contributed by atoms with E-state index in [4.69, 9.17) is 0 Å². The van der Waals surface area contributed by atoms with E-state index in [1.54, 1.807) is 12.4 Å².